The van der Waals surface area contributed by atoms with Crippen molar-refractivity contribution in [3.05, 3.63) is 59.2 Å². The number of alkyl halides is 3. The third-order valence-corrected chi connectivity index (χ3v) is 6.56. The van der Waals surface area contributed by atoms with E-state index >= 15 is 0 Å². The first-order valence-electron chi connectivity index (χ1n) is 12.7. The van der Waals surface area contributed by atoms with Gasteiger partial charge in [0.05, 0.1) is 19.4 Å². The minimum absolute atomic E-state index is 0.0746. The van der Waals surface area contributed by atoms with Gasteiger partial charge in [-0.3, -0.25) is 14.4 Å². The molecule has 0 spiro atoms. The van der Waals surface area contributed by atoms with Crippen LogP contribution in [0.5, 0.6) is 0 Å². The van der Waals surface area contributed by atoms with Crippen LogP contribution in [0.25, 0.3) is 5.78 Å². The topological polar surface area (TPSA) is 205 Å². The smallest absolute Gasteiger partial charge is 0.433 e. The van der Waals surface area contributed by atoms with E-state index in [1.54, 1.807) is 24.1 Å². The van der Waals surface area contributed by atoms with Gasteiger partial charge in [-0.1, -0.05) is 12.1 Å². The molecule has 0 unspecified atom stereocenters. The van der Waals surface area contributed by atoms with Gasteiger partial charge in [0, 0.05) is 37.4 Å². The SMILES string of the molecule is COCc1ccc(C(=O)N2CCC(c3cc(C(F)(F)F)n4ncnc4n3)CC2)cc1.O=C(O)CC(O)(CC(=O)O)C(=O)O. The fourth-order valence-corrected chi connectivity index (χ4v) is 4.43. The van der Waals surface area contributed by atoms with E-state index < -0.39 is 48.2 Å². The van der Waals surface area contributed by atoms with Gasteiger partial charge in [0.15, 0.2) is 11.3 Å². The zero-order valence-electron chi connectivity index (χ0n) is 22.7. The monoisotopic (exact) mass is 611 g/mol. The van der Waals surface area contributed by atoms with Crippen molar-refractivity contribution in [3.8, 4) is 0 Å². The Morgan fingerprint density at radius 3 is 2.07 bits per heavy atom. The number of amides is 1. The fraction of sp³-hybridized carbons (Fsp3) is 0.423. The van der Waals surface area contributed by atoms with Crippen molar-refractivity contribution in [1.82, 2.24) is 24.5 Å². The van der Waals surface area contributed by atoms with Crippen molar-refractivity contribution in [2.75, 3.05) is 20.2 Å². The number of ether oxygens (including phenoxy) is 1. The summed E-state index contributed by atoms with van der Waals surface area (Å²) < 4.78 is 46.0. The van der Waals surface area contributed by atoms with Crippen molar-refractivity contribution in [2.24, 2.45) is 0 Å². The molecular weight excluding hydrogens is 583 g/mol. The minimum atomic E-state index is -4.56. The number of benzene rings is 1. The molecule has 0 radical (unpaired) electrons. The molecule has 14 nitrogen and oxygen atoms in total. The van der Waals surface area contributed by atoms with Crippen molar-refractivity contribution < 1.29 is 57.5 Å². The third-order valence-electron chi connectivity index (χ3n) is 6.56. The predicted molar refractivity (Wildman–Crippen MR) is 138 cm³/mol. The van der Waals surface area contributed by atoms with Crippen LogP contribution >= 0.6 is 0 Å². The summed E-state index contributed by atoms with van der Waals surface area (Å²) in [5.74, 6) is -5.36. The van der Waals surface area contributed by atoms with Gasteiger partial charge in [-0.25, -0.2) is 9.78 Å². The number of carboxylic acid groups (broad SMARTS) is 3. The number of carbonyl (C=O) groups is 4. The number of piperidine rings is 1. The molecule has 17 heteroatoms. The van der Waals surface area contributed by atoms with Gasteiger partial charge in [0.25, 0.3) is 11.7 Å². The summed E-state index contributed by atoms with van der Waals surface area (Å²) in [6.45, 7) is 1.37. The van der Waals surface area contributed by atoms with E-state index in [1.807, 2.05) is 12.1 Å². The molecule has 1 amide bonds. The van der Waals surface area contributed by atoms with Gasteiger partial charge in [-0.2, -0.15) is 27.8 Å². The second-order valence-corrected chi connectivity index (χ2v) is 9.71. The summed E-state index contributed by atoms with van der Waals surface area (Å²) >= 11 is 0. The van der Waals surface area contributed by atoms with E-state index in [-0.39, 0.29) is 17.6 Å². The van der Waals surface area contributed by atoms with Crippen LogP contribution in [0.4, 0.5) is 13.2 Å². The lowest BCUT2D eigenvalue weighted by Gasteiger charge is -2.32. The lowest BCUT2D eigenvalue weighted by Crippen LogP contribution is -2.42. The van der Waals surface area contributed by atoms with Gasteiger partial charge in [0.2, 0.25) is 0 Å². The Balaban J connectivity index is 0.000000331. The molecular formula is C26H28F3N5O9. The maximum absolute atomic E-state index is 13.4. The van der Waals surface area contributed by atoms with Gasteiger partial charge < -0.3 is 30.1 Å². The first-order chi connectivity index (χ1) is 20.1. The lowest BCUT2D eigenvalue weighted by atomic mass is 9.92. The van der Waals surface area contributed by atoms with Crippen LogP contribution in [0.3, 0.4) is 0 Å². The molecule has 1 saturated heterocycles. The molecule has 2 aromatic heterocycles. The minimum Gasteiger partial charge on any atom is -0.481 e. The van der Waals surface area contributed by atoms with Gasteiger partial charge in [-0.05, 0) is 36.6 Å². The first kappa shape index (κ1) is 32.9. The average molecular weight is 612 g/mol. The number of carbonyl (C=O) groups excluding carboxylic acids is 1. The molecule has 0 saturated carbocycles. The molecule has 0 bridgehead atoms. The Morgan fingerprint density at radius 2 is 1.58 bits per heavy atom. The summed E-state index contributed by atoms with van der Waals surface area (Å²) in [5.41, 5.74) is -1.75. The summed E-state index contributed by atoms with van der Waals surface area (Å²) in [7, 11) is 1.61. The molecule has 3 aromatic rings. The number of hydrogen-bond acceptors (Lipinski definition) is 9. The van der Waals surface area contributed by atoms with Gasteiger partial charge in [-0.15, -0.1) is 0 Å². The third kappa shape index (κ3) is 8.45. The molecule has 43 heavy (non-hydrogen) atoms. The number of methoxy groups -OCH3 is 1. The quantitative estimate of drug-likeness (QED) is 0.274. The number of hydrogen-bond donors (Lipinski definition) is 4. The summed E-state index contributed by atoms with van der Waals surface area (Å²) in [6.07, 6.45) is -4.73. The molecule has 1 aromatic carbocycles. The second-order valence-electron chi connectivity index (χ2n) is 9.71. The summed E-state index contributed by atoms with van der Waals surface area (Å²) in [4.78, 5) is 53.0. The van der Waals surface area contributed by atoms with Crippen LogP contribution in [0, 0.1) is 0 Å². The number of halogens is 3. The number of nitrogens with zero attached hydrogens (tertiary/aromatic N) is 5. The first-order valence-corrected chi connectivity index (χ1v) is 12.7. The van der Waals surface area contributed by atoms with E-state index in [0.717, 1.165) is 18.0 Å². The number of aliphatic hydroxyl groups is 1. The molecule has 1 aliphatic rings. The van der Waals surface area contributed by atoms with Gasteiger partial charge in [0.1, 0.15) is 6.33 Å². The number of aliphatic carboxylic acids is 3. The summed E-state index contributed by atoms with van der Waals surface area (Å²) in [6, 6.07) is 8.26. The van der Waals surface area contributed by atoms with Crippen LogP contribution in [0.1, 0.15) is 58.9 Å². The Hall–Kier alpha value is -4.64. The lowest BCUT2D eigenvalue weighted by molar-refractivity contribution is -0.170. The number of rotatable bonds is 9. The Kier molecular flexibility index (Phi) is 10.4. The highest BCUT2D eigenvalue weighted by atomic mass is 19.4. The van der Waals surface area contributed by atoms with Crippen molar-refractivity contribution in [1.29, 1.82) is 0 Å². The van der Waals surface area contributed by atoms with Crippen molar-refractivity contribution in [3.63, 3.8) is 0 Å². The van der Waals surface area contributed by atoms with Crippen molar-refractivity contribution >= 4 is 29.6 Å². The molecule has 1 fully saturated rings. The van der Waals surface area contributed by atoms with Crippen LogP contribution in [0.2, 0.25) is 0 Å². The highest BCUT2D eigenvalue weighted by Crippen LogP contribution is 2.33. The van der Waals surface area contributed by atoms with Crippen LogP contribution in [0.15, 0.2) is 36.7 Å². The van der Waals surface area contributed by atoms with Gasteiger partial charge >= 0.3 is 24.1 Å². The van der Waals surface area contributed by atoms with Crippen LogP contribution in [-0.4, -0.2) is 94.5 Å². The number of likely N-dealkylation sites (tertiary alicyclic amines) is 1. The molecule has 4 rings (SSSR count). The largest absolute Gasteiger partial charge is 0.481 e. The van der Waals surface area contributed by atoms with Crippen LogP contribution in [-0.2, 0) is 31.9 Å². The molecule has 3 heterocycles. The molecule has 0 aliphatic carbocycles. The molecule has 232 valence electrons. The Labute approximate surface area is 241 Å². The maximum atomic E-state index is 13.4. The number of carboxylic acids is 3. The van der Waals surface area contributed by atoms with E-state index in [0.29, 0.717) is 48.3 Å². The summed E-state index contributed by atoms with van der Waals surface area (Å²) in [5, 5.41) is 37.4. The average Bonchev–Trinajstić information content (AvgIpc) is 3.40. The van der Waals surface area contributed by atoms with E-state index in [2.05, 4.69) is 15.1 Å². The van der Waals surface area contributed by atoms with E-state index in [9.17, 15) is 32.3 Å². The highest BCUT2D eigenvalue weighted by molar-refractivity contribution is 5.94. The highest BCUT2D eigenvalue weighted by Gasteiger charge is 2.41. The van der Waals surface area contributed by atoms with Crippen molar-refractivity contribution in [2.45, 2.75) is 50.0 Å². The number of aromatic nitrogens is 4. The van der Waals surface area contributed by atoms with E-state index in [1.165, 1.54) is 0 Å². The fourth-order valence-electron chi connectivity index (χ4n) is 4.43. The zero-order chi connectivity index (χ0) is 31.9. The standard InChI is InChI=1S/C20H20F3N5O2.C6H8O7/c1-30-11-13-2-4-15(5-3-13)18(29)27-8-6-14(7-9-27)16-10-17(20(21,22)23)28-19(26-16)24-12-25-28;7-3(8)1-6(13,5(11)12)2-4(9)10/h2-5,10,12,14H,6-9,11H2,1H3;13H,1-2H2,(H,7,8)(H,9,10)(H,11,12). The number of fused-ring (bicyclic) bond motifs is 1. The predicted octanol–water partition coefficient (Wildman–Crippen LogP) is 2.06. The van der Waals surface area contributed by atoms with Crippen LogP contribution < -0.4 is 0 Å². The van der Waals surface area contributed by atoms with E-state index in [4.69, 9.17) is 25.2 Å². The Bertz CT molecular complexity index is 1450. The molecule has 4 N–H and O–H groups in total. The zero-order valence-corrected chi connectivity index (χ0v) is 22.7. The second kappa shape index (κ2) is 13.6. The normalized spacial score (nSPS) is 14.2. The Morgan fingerprint density at radius 1 is 1.00 bits per heavy atom. The maximum Gasteiger partial charge on any atom is 0.433 e. The molecule has 0 atom stereocenters. The molecule has 1 aliphatic heterocycles.